The van der Waals surface area contributed by atoms with Crippen molar-refractivity contribution in [2.24, 2.45) is 5.73 Å². The highest BCUT2D eigenvalue weighted by molar-refractivity contribution is 5.98. The molecule has 1 fully saturated rings. The molecular formula is C18H20F2N4O. The predicted molar refractivity (Wildman–Crippen MR) is 91.0 cm³/mol. The lowest BCUT2D eigenvalue weighted by molar-refractivity contribution is 0.100. The molecule has 1 amide bonds. The van der Waals surface area contributed by atoms with E-state index in [4.69, 9.17) is 5.73 Å². The van der Waals surface area contributed by atoms with E-state index >= 15 is 0 Å². The van der Waals surface area contributed by atoms with Crippen LogP contribution in [0.15, 0.2) is 36.7 Å². The van der Waals surface area contributed by atoms with Gasteiger partial charge in [0.05, 0.1) is 11.3 Å². The van der Waals surface area contributed by atoms with Crippen molar-refractivity contribution in [2.45, 2.75) is 25.4 Å². The fourth-order valence-corrected chi connectivity index (χ4v) is 3.16. The second-order valence-electron chi connectivity index (χ2n) is 6.20. The molecule has 0 aliphatic carbocycles. The number of hydrogen-bond donors (Lipinski definition) is 2. The molecule has 0 spiro atoms. The molecule has 1 aliphatic rings. The molecule has 132 valence electrons. The van der Waals surface area contributed by atoms with Crippen LogP contribution >= 0.6 is 0 Å². The number of anilines is 1. The van der Waals surface area contributed by atoms with Gasteiger partial charge in [0.2, 0.25) is 0 Å². The number of aromatic nitrogens is 1. The molecule has 0 bridgehead atoms. The molecule has 0 saturated carbocycles. The molecule has 1 atom stereocenters. The highest BCUT2D eigenvalue weighted by Crippen LogP contribution is 2.21. The van der Waals surface area contributed by atoms with Gasteiger partial charge in [-0.2, -0.15) is 0 Å². The number of amides is 1. The zero-order chi connectivity index (χ0) is 17.8. The van der Waals surface area contributed by atoms with E-state index in [1.165, 1.54) is 24.4 Å². The molecule has 1 aromatic heterocycles. The van der Waals surface area contributed by atoms with Crippen LogP contribution in [-0.4, -0.2) is 34.9 Å². The number of likely N-dealkylation sites (tertiary alicyclic amines) is 1. The average Bonchev–Trinajstić information content (AvgIpc) is 2.59. The first kappa shape index (κ1) is 17.3. The van der Waals surface area contributed by atoms with Gasteiger partial charge in [0.1, 0.15) is 11.6 Å². The Hall–Kier alpha value is -2.54. The van der Waals surface area contributed by atoms with Crippen LogP contribution in [0.3, 0.4) is 0 Å². The second kappa shape index (κ2) is 7.57. The lowest BCUT2D eigenvalue weighted by Crippen LogP contribution is -2.42. The summed E-state index contributed by atoms with van der Waals surface area (Å²) in [6.45, 7) is 1.61. The third-order valence-corrected chi connectivity index (χ3v) is 4.40. The summed E-state index contributed by atoms with van der Waals surface area (Å²) in [6.07, 6.45) is 4.81. The van der Waals surface area contributed by atoms with Crippen LogP contribution in [0.5, 0.6) is 0 Å². The molecule has 2 heterocycles. The number of hydrogen-bond acceptors (Lipinski definition) is 4. The zero-order valence-electron chi connectivity index (χ0n) is 13.7. The molecule has 25 heavy (non-hydrogen) atoms. The number of pyridine rings is 1. The summed E-state index contributed by atoms with van der Waals surface area (Å²) in [6, 6.07) is 5.67. The standard InChI is InChI=1S/C18H20F2N4O/c19-15-4-1-5-16(20)14(15)11-24-8-2-3-12(10-24)23-17-6-7-22-9-13(17)18(21)25/h1,4-7,9,12H,2-3,8,10-11H2,(H2,21,25)(H,22,23). The van der Waals surface area contributed by atoms with Gasteiger partial charge < -0.3 is 11.1 Å². The Kier molecular flexibility index (Phi) is 5.23. The maximum atomic E-state index is 13.9. The minimum atomic E-state index is -0.545. The SMILES string of the molecule is NC(=O)c1cnccc1NC1CCCN(Cc2c(F)cccc2F)C1. The first-order chi connectivity index (χ1) is 12.0. The van der Waals surface area contributed by atoms with Gasteiger partial charge in [0.15, 0.2) is 0 Å². The number of nitrogens with two attached hydrogens (primary N) is 1. The Balaban J connectivity index is 1.69. The van der Waals surface area contributed by atoms with Crippen LogP contribution in [0.4, 0.5) is 14.5 Å². The molecular weight excluding hydrogens is 326 g/mol. The first-order valence-corrected chi connectivity index (χ1v) is 8.20. The largest absolute Gasteiger partial charge is 0.380 e. The lowest BCUT2D eigenvalue weighted by Gasteiger charge is -2.34. The minimum absolute atomic E-state index is 0.0593. The minimum Gasteiger partial charge on any atom is -0.380 e. The van der Waals surface area contributed by atoms with Crippen LogP contribution in [0.25, 0.3) is 0 Å². The Labute approximate surface area is 144 Å². The Morgan fingerprint density at radius 3 is 2.80 bits per heavy atom. The van der Waals surface area contributed by atoms with Gasteiger partial charge in [-0.3, -0.25) is 14.7 Å². The van der Waals surface area contributed by atoms with Gasteiger partial charge in [-0.25, -0.2) is 8.78 Å². The van der Waals surface area contributed by atoms with Crippen molar-refractivity contribution in [2.75, 3.05) is 18.4 Å². The lowest BCUT2D eigenvalue weighted by atomic mass is 10.0. The third kappa shape index (κ3) is 4.11. The molecule has 1 aliphatic heterocycles. The molecule has 1 saturated heterocycles. The van der Waals surface area contributed by atoms with E-state index in [1.54, 1.807) is 12.3 Å². The van der Waals surface area contributed by atoms with Gasteiger partial charge in [-0.15, -0.1) is 0 Å². The quantitative estimate of drug-likeness (QED) is 0.873. The Morgan fingerprint density at radius 1 is 1.32 bits per heavy atom. The average molecular weight is 346 g/mol. The van der Waals surface area contributed by atoms with Gasteiger partial charge >= 0.3 is 0 Å². The second-order valence-corrected chi connectivity index (χ2v) is 6.20. The maximum absolute atomic E-state index is 13.9. The number of halogens is 2. The van der Waals surface area contributed by atoms with E-state index in [-0.39, 0.29) is 18.2 Å². The van der Waals surface area contributed by atoms with Crippen LogP contribution in [0.1, 0.15) is 28.8 Å². The highest BCUT2D eigenvalue weighted by Gasteiger charge is 2.23. The number of benzene rings is 1. The van der Waals surface area contributed by atoms with Crippen LogP contribution in [0, 0.1) is 11.6 Å². The van der Waals surface area contributed by atoms with E-state index < -0.39 is 17.5 Å². The number of carbonyl (C=O) groups excluding carboxylic acids is 1. The summed E-state index contributed by atoms with van der Waals surface area (Å²) in [5, 5.41) is 3.31. The summed E-state index contributed by atoms with van der Waals surface area (Å²) in [5.74, 6) is -1.60. The number of carbonyl (C=O) groups is 1. The van der Waals surface area contributed by atoms with Crippen molar-refractivity contribution in [1.82, 2.24) is 9.88 Å². The van der Waals surface area contributed by atoms with E-state index in [9.17, 15) is 13.6 Å². The van der Waals surface area contributed by atoms with Crippen molar-refractivity contribution >= 4 is 11.6 Å². The molecule has 7 heteroatoms. The monoisotopic (exact) mass is 346 g/mol. The fraction of sp³-hybridized carbons (Fsp3) is 0.333. The summed E-state index contributed by atoms with van der Waals surface area (Å²) in [7, 11) is 0. The summed E-state index contributed by atoms with van der Waals surface area (Å²) < 4.78 is 27.7. The summed E-state index contributed by atoms with van der Waals surface area (Å²) in [5.41, 5.74) is 6.42. The van der Waals surface area contributed by atoms with E-state index in [0.717, 1.165) is 19.4 Å². The van der Waals surface area contributed by atoms with Crippen molar-refractivity contribution < 1.29 is 13.6 Å². The maximum Gasteiger partial charge on any atom is 0.252 e. The number of piperidine rings is 1. The third-order valence-electron chi connectivity index (χ3n) is 4.40. The molecule has 2 aromatic rings. The molecule has 3 rings (SSSR count). The first-order valence-electron chi connectivity index (χ1n) is 8.20. The molecule has 0 radical (unpaired) electrons. The fourth-order valence-electron chi connectivity index (χ4n) is 3.16. The Morgan fingerprint density at radius 2 is 2.08 bits per heavy atom. The molecule has 5 nitrogen and oxygen atoms in total. The number of nitrogens with zero attached hydrogens (tertiary/aromatic N) is 2. The van der Waals surface area contributed by atoms with Gasteiger partial charge in [0, 0.05) is 37.1 Å². The van der Waals surface area contributed by atoms with E-state index in [0.29, 0.717) is 17.8 Å². The van der Waals surface area contributed by atoms with E-state index in [1.807, 2.05) is 4.90 Å². The summed E-state index contributed by atoms with van der Waals surface area (Å²) >= 11 is 0. The van der Waals surface area contributed by atoms with Gasteiger partial charge in [-0.05, 0) is 37.6 Å². The zero-order valence-corrected chi connectivity index (χ0v) is 13.7. The van der Waals surface area contributed by atoms with Crippen LogP contribution < -0.4 is 11.1 Å². The Bertz CT molecular complexity index is 748. The topological polar surface area (TPSA) is 71.2 Å². The summed E-state index contributed by atoms with van der Waals surface area (Å²) in [4.78, 5) is 17.4. The number of primary amides is 1. The van der Waals surface area contributed by atoms with Crippen LogP contribution in [0.2, 0.25) is 0 Å². The van der Waals surface area contributed by atoms with Gasteiger partial charge in [0.25, 0.3) is 5.91 Å². The van der Waals surface area contributed by atoms with Crippen molar-refractivity contribution in [3.05, 3.63) is 59.4 Å². The van der Waals surface area contributed by atoms with Crippen LogP contribution in [-0.2, 0) is 6.54 Å². The number of rotatable bonds is 5. The highest BCUT2D eigenvalue weighted by atomic mass is 19.1. The van der Waals surface area contributed by atoms with Gasteiger partial charge in [-0.1, -0.05) is 6.07 Å². The van der Waals surface area contributed by atoms with Crippen molar-refractivity contribution in [3.8, 4) is 0 Å². The molecule has 1 unspecified atom stereocenters. The van der Waals surface area contributed by atoms with Crippen molar-refractivity contribution in [3.63, 3.8) is 0 Å². The number of nitrogens with one attached hydrogen (secondary N) is 1. The van der Waals surface area contributed by atoms with E-state index in [2.05, 4.69) is 10.3 Å². The smallest absolute Gasteiger partial charge is 0.252 e. The normalized spacial score (nSPS) is 18.1. The molecule has 3 N–H and O–H groups in total. The predicted octanol–water partition coefficient (Wildman–Crippen LogP) is 2.54. The molecule has 1 aromatic carbocycles. The van der Waals surface area contributed by atoms with Crippen molar-refractivity contribution in [1.29, 1.82) is 0 Å².